The Balaban J connectivity index is 0.00000320. The Bertz CT molecular complexity index is 655. The highest BCUT2D eigenvalue weighted by atomic mass is 127. The summed E-state index contributed by atoms with van der Waals surface area (Å²) in [6.07, 6.45) is 6.30. The summed E-state index contributed by atoms with van der Waals surface area (Å²) in [4.78, 5) is 6.86. The lowest BCUT2D eigenvalue weighted by Crippen LogP contribution is -2.49. The van der Waals surface area contributed by atoms with Crippen LogP contribution in [0.4, 0.5) is 0 Å². The second-order valence-corrected chi connectivity index (χ2v) is 9.24. The molecule has 3 rings (SSSR count). The molecule has 2 heterocycles. The molecule has 5 nitrogen and oxygen atoms in total. The first-order valence-electron chi connectivity index (χ1n) is 10.9. The van der Waals surface area contributed by atoms with E-state index in [1.54, 1.807) is 0 Å². The largest absolute Gasteiger partial charge is 0.376 e. The number of hydrogen-bond acceptors (Lipinski definition) is 3. The molecule has 0 spiro atoms. The molecular formula is C23H37ClIN3O2. The predicted molar refractivity (Wildman–Crippen MR) is 135 cm³/mol. The van der Waals surface area contributed by atoms with Gasteiger partial charge in [-0.2, -0.15) is 0 Å². The second-order valence-electron chi connectivity index (χ2n) is 8.80. The Labute approximate surface area is 204 Å². The van der Waals surface area contributed by atoms with Gasteiger partial charge < -0.3 is 19.7 Å². The molecular weight excluding hydrogens is 513 g/mol. The summed E-state index contributed by atoms with van der Waals surface area (Å²) in [5.74, 6) is 0.973. The van der Waals surface area contributed by atoms with Crippen LogP contribution in [0, 0.1) is 0 Å². The zero-order chi connectivity index (χ0) is 20.7. The highest BCUT2D eigenvalue weighted by Crippen LogP contribution is 2.24. The molecule has 1 unspecified atom stereocenters. The molecule has 1 atom stereocenters. The van der Waals surface area contributed by atoms with Crippen molar-refractivity contribution in [1.82, 2.24) is 10.2 Å². The number of likely N-dealkylation sites (tertiary alicyclic amines) is 1. The number of hydrogen-bond donors (Lipinski definition) is 1. The van der Waals surface area contributed by atoms with Gasteiger partial charge in [0.25, 0.3) is 0 Å². The average Bonchev–Trinajstić information content (AvgIpc) is 2.74. The zero-order valence-electron chi connectivity index (χ0n) is 18.5. The van der Waals surface area contributed by atoms with E-state index in [0.29, 0.717) is 12.2 Å². The first-order chi connectivity index (χ1) is 14.0. The standard InChI is InChI=1S/C23H36ClN3O2.HI/c1-23(2,18-7-9-19(24)10-8-18)17-26-22(25-3)27-13-11-20(12-14-27)29-16-21-6-4-5-15-28-21;/h7-10,20-21H,4-6,11-17H2,1-3H3,(H,25,26);1H. The van der Waals surface area contributed by atoms with Gasteiger partial charge in [-0.15, -0.1) is 24.0 Å². The molecule has 2 aliphatic rings. The minimum Gasteiger partial charge on any atom is -0.376 e. The van der Waals surface area contributed by atoms with Crippen molar-refractivity contribution < 1.29 is 9.47 Å². The molecule has 7 heteroatoms. The molecule has 0 amide bonds. The first-order valence-corrected chi connectivity index (χ1v) is 11.3. The van der Waals surface area contributed by atoms with Crippen LogP contribution in [0.5, 0.6) is 0 Å². The van der Waals surface area contributed by atoms with Crippen molar-refractivity contribution in [2.45, 2.75) is 63.6 Å². The topological polar surface area (TPSA) is 46.1 Å². The predicted octanol–water partition coefficient (Wildman–Crippen LogP) is 4.86. The fourth-order valence-electron chi connectivity index (χ4n) is 4.05. The highest BCUT2D eigenvalue weighted by molar-refractivity contribution is 14.0. The molecule has 0 bridgehead atoms. The SMILES string of the molecule is CN=C(NCC(C)(C)c1ccc(Cl)cc1)N1CCC(OCC2CCCCO2)CC1.I. The van der Waals surface area contributed by atoms with Crippen LogP contribution in [0.15, 0.2) is 29.3 Å². The molecule has 2 fully saturated rings. The summed E-state index contributed by atoms with van der Waals surface area (Å²) in [6.45, 7) is 8.87. The quantitative estimate of drug-likeness (QED) is 0.313. The van der Waals surface area contributed by atoms with E-state index in [2.05, 4.69) is 41.2 Å². The van der Waals surface area contributed by atoms with Crippen LogP contribution < -0.4 is 5.32 Å². The third-order valence-corrected chi connectivity index (χ3v) is 6.31. The van der Waals surface area contributed by atoms with Gasteiger partial charge in [0.1, 0.15) is 0 Å². The normalized spacial score (nSPS) is 21.3. The zero-order valence-corrected chi connectivity index (χ0v) is 21.6. The first kappa shape index (κ1) is 25.7. The number of rotatable bonds is 6. The van der Waals surface area contributed by atoms with Gasteiger partial charge in [-0.05, 0) is 49.8 Å². The Morgan fingerprint density at radius 1 is 1.20 bits per heavy atom. The van der Waals surface area contributed by atoms with Crippen molar-refractivity contribution in [3.8, 4) is 0 Å². The molecule has 0 aliphatic carbocycles. The van der Waals surface area contributed by atoms with Crippen molar-refractivity contribution in [2.24, 2.45) is 4.99 Å². The van der Waals surface area contributed by atoms with E-state index < -0.39 is 0 Å². The summed E-state index contributed by atoms with van der Waals surface area (Å²) in [5.41, 5.74) is 1.25. The van der Waals surface area contributed by atoms with Gasteiger partial charge in [-0.25, -0.2) is 0 Å². The third kappa shape index (κ3) is 7.53. The average molecular weight is 550 g/mol. The molecule has 1 aromatic carbocycles. The molecule has 0 saturated carbocycles. The number of aliphatic imine (C=N–C) groups is 1. The number of halogens is 2. The maximum atomic E-state index is 6.14. The number of piperidine rings is 1. The maximum absolute atomic E-state index is 6.14. The van der Waals surface area contributed by atoms with Gasteiger partial charge in [0, 0.05) is 43.7 Å². The molecule has 0 aromatic heterocycles. The number of nitrogens with zero attached hydrogens (tertiary/aromatic N) is 2. The second kappa shape index (κ2) is 12.5. The van der Waals surface area contributed by atoms with Crippen LogP contribution in [0.25, 0.3) is 0 Å². The Hall–Kier alpha value is -0.570. The Kier molecular flexibility index (Phi) is 10.7. The lowest BCUT2D eigenvalue weighted by Gasteiger charge is -2.36. The van der Waals surface area contributed by atoms with Crippen LogP contribution in [0.3, 0.4) is 0 Å². The van der Waals surface area contributed by atoms with Gasteiger partial charge in [0.2, 0.25) is 0 Å². The molecule has 1 aromatic rings. The van der Waals surface area contributed by atoms with Gasteiger partial charge in [-0.3, -0.25) is 4.99 Å². The van der Waals surface area contributed by atoms with Gasteiger partial charge >= 0.3 is 0 Å². The van der Waals surface area contributed by atoms with E-state index in [1.807, 2.05) is 19.2 Å². The molecule has 2 aliphatic heterocycles. The fourth-order valence-corrected chi connectivity index (χ4v) is 4.18. The number of benzene rings is 1. The summed E-state index contributed by atoms with van der Waals surface area (Å²) in [6, 6.07) is 8.12. The van der Waals surface area contributed by atoms with Gasteiger partial charge in [-0.1, -0.05) is 37.6 Å². The number of guanidine groups is 1. The third-order valence-electron chi connectivity index (χ3n) is 6.06. The van der Waals surface area contributed by atoms with Crippen LogP contribution >= 0.6 is 35.6 Å². The van der Waals surface area contributed by atoms with E-state index in [9.17, 15) is 0 Å². The summed E-state index contributed by atoms with van der Waals surface area (Å²) >= 11 is 6.03. The smallest absolute Gasteiger partial charge is 0.193 e. The maximum Gasteiger partial charge on any atom is 0.193 e. The summed E-state index contributed by atoms with van der Waals surface area (Å²) in [7, 11) is 1.86. The van der Waals surface area contributed by atoms with Crippen LogP contribution in [0.2, 0.25) is 5.02 Å². The van der Waals surface area contributed by atoms with Crippen molar-refractivity contribution >= 4 is 41.5 Å². The van der Waals surface area contributed by atoms with Crippen LogP contribution in [0.1, 0.15) is 51.5 Å². The minimum absolute atomic E-state index is 0. The monoisotopic (exact) mass is 549 g/mol. The molecule has 170 valence electrons. The van der Waals surface area contributed by atoms with E-state index in [1.165, 1.54) is 18.4 Å². The molecule has 2 saturated heterocycles. The van der Waals surface area contributed by atoms with E-state index in [4.69, 9.17) is 21.1 Å². The molecule has 0 radical (unpaired) electrons. The number of ether oxygens (including phenoxy) is 2. The van der Waals surface area contributed by atoms with Gasteiger partial charge in [0.05, 0.1) is 18.8 Å². The Morgan fingerprint density at radius 3 is 2.50 bits per heavy atom. The van der Waals surface area contributed by atoms with Gasteiger partial charge in [0.15, 0.2) is 5.96 Å². The molecule has 30 heavy (non-hydrogen) atoms. The van der Waals surface area contributed by atoms with Crippen molar-refractivity contribution in [2.75, 3.05) is 39.9 Å². The number of nitrogens with one attached hydrogen (secondary N) is 1. The highest BCUT2D eigenvalue weighted by Gasteiger charge is 2.26. The summed E-state index contributed by atoms with van der Waals surface area (Å²) in [5, 5.41) is 4.34. The van der Waals surface area contributed by atoms with E-state index in [0.717, 1.165) is 63.1 Å². The van der Waals surface area contributed by atoms with Crippen molar-refractivity contribution in [1.29, 1.82) is 0 Å². The van der Waals surface area contributed by atoms with Crippen LogP contribution in [-0.4, -0.2) is 63.0 Å². The van der Waals surface area contributed by atoms with E-state index in [-0.39, 0.29) is 29.4 Å². The van der Waals surface area contributed by atoms with Crippen LogP contribution in [-0.2, 0) is 14.9 Å². The van der Waals surface area contributed by atoms with E-state index >= 15 is 0 Å². The van der Waals surface area contributed by atoms with Crippen molar-refractivity contribution in [3.05, 3.63) is 34.9 Å². The fraction of sp³-hybridized carbons (Fsp3) is 0.696. The lowest BCUT2D eigenvalue weighted by molar-refractivity contribution is -0.0721. The molecule has 1 N–H and O–H groups in total. The minimum atomic E-state index is -0.0119. The van der Waals surface area contributed by atoms with Crippen molar-refractivity contribution in [3.63, 3.8) is 0 Å². The summed E-state index contributed by atoms with van der Waals surface area (Å²) < 4.78 is 11.9. The lowest BCUT2D eigenvalue weighted by atomic mass is 9.84. The Morgan fingerprint density at radius 2 is 1.90 bits per heavy atom.